The first-order chi connectivity index (χ1) is 5.94. The van der Waals surface area contributed by atoms with E-state index in [1.54, 1.807) is 0 Å². The number of hydrogen-bond donors (Lipinski definition) is 0. The molecule has 0 radical (unpaired) electrons. The summed E-state index contributed by atoms with van der Waals surface area (Å²) in [4.78, 5) is 10.3. The number of rotatable bonds is 2. The Balaban J connectivity index is 3.14. The molecule has 0 fully saturated rings. The van der Waals surface area contributed by atoms with E-state index in [0.29, 0.717) is 0 Å². The Morgan fingerprint density at radius 2 is 2.00 bits per heavy atom. The minimum Gasteiger partial charge on any atom is -0.274 e. The lowest BCUT2D eigenvalue weighted by molar-refractivity contribution is -0.135. The van der Waals surface area contributed by atoms with Crippen LogP contribution in [0.3, 0.4) is 0 Å². The minimum absolute atomic E-state index is 0.134. The zero-order chi connectivity index (χ0) is 10.1. The number of carbonyl (C=O) groups excluding carboxylic acids is 1. The van der Waals surface area contributed by atoms with Crippen LogP contribution in [0.1, 0.15) is 5.56 Å². The molecule has 0 atom stereocenters. The summed E-state index contributed by atoms with van der Waals surface area (Å²) < 4.78 is 25.8. The van der Waals surface area contributed by atoms with E-state index in [-0.39, 0.29) is 5.02 Å². The highest BCUT2D eigenvalue weighted by molar-refractivity contribution is 6.65. The lowest BCUT2D eigenvalue weighted by atomic mass is 10.1. The number of carbonyl (C=O) groups is 1. The monoisotopic (exact) mass is 224 g/mol. The van der Waals surface area contributed by atoms with E-state index in [2.05, 4.69) is 0 Å². The SMILES string of the molecule is O=C(Cl)C(F)(F)c1cccc(Cl)c1. The second-order valence-corrected chi connectivity index (χ2v) is 3.14. The van der Waals surface area contributed by atoms with Crippen LogP contribution in [0.5, 0.6) is 0 Å². The molecule has 0 heterocycles. The first-order valence-corrected chi connectivity index (χ1v) is 4.04. The maximum atomic E-state index is 12.9. The fraction of sp³-hybridized carbons (Fsp3) is 0.125. The van der Waals surface area contributed by atoms with Crippen molar-refractivity contribution in [2.75, 3.05) is 0 Å². The molecule has 5 heteroatoms. The van der Waals surface area contributed by atoms with E-state index in [1.165, 1.54) is 12.1 Å². The van der Waals surface area contributed by atoms with Gasteiger partial charge in [0.05, 0.1) is 0 Å². The Hall–Kier alpha value is -0.670. The van der Waals surface area contributed by atoms with Crippen molar-refractivity contribution in [3.05, 3.63) is 34.9 Å². The summed E-state index contributed by atoms with van der Waals surface area (Å²) in [6.07, 6.45) is 0. The Morgan fingerprint density at radius 1 is 1.38 bits per heavy atom. The third-order valence-corrected chi connectivity index (χ3v) is 1.91. The predicted molar refractivity (Wildman–Crippen MR) is 46.2 cm³/mol. The highest BCUT2D eigenvalue weighted by Crippen LogP contribution is 2.31. The van der Waals surface area contributed by atoms with Gasteiger partial charge in [-0.05, 0) is 23.7 Å². The smallest absolute Gasteiger partial charge is 0.274 e. The molecule has 1 aromatic rings. The average Bonchev–Trinajstić information content (AvgIpc) is 2.04. The van der Waals surface area contributed by atoms with E-state index in [9.17, 15) is 13.6 Å². The lowest BCUT2D eigenvalue weighted by Gasteiger charge is -2.11. The largest absolute Gasteiger partial charge is 0.345 e. The van der Waals surface area contributed by atoms with Crippen molar-refractivity contribution in [1.82, 2.24) is 0 Å². The number of alkyl halides is 2. The van der Waals surface area contributed by atoms with Gasteiger partial charge in [0.25, 0.3) is 5.24 Å². The zero-order valence-electron chi connectivity index (χ0n) is 6.23. The summed E-state index contributed by atoms with van der Waals surface area (Å²) in [7, 11) is 0. The normalized spacial score (nSPS) is 11.4. The van der Waals surface area contributed by atoms with Crippen molar-refractivity contribution in [1.29, 1.82) is 0 Å². The molecule has 0 saturated heterocycles. The summed E-state index contributed by atoms with van der Waals surface area (Å²) in [6.45, 7) is 0. The molecule has 13 heavy (non-hydrogen) atoms. The second-order valence-electron chi connectivity index (χ2n) is 2.36. The highest BCUT2D eigenvalue weighted by atomic mass is 35.5. The molecule has 1 nitrogen and oxygen atoms in total. The summed E-state index contributed by atoms with van der Waals surface area (Å²) in [5, 5.41) is -1.58. The fourth-order valence-corrected chi connectivity index (χ4v) is 1.10. The van der Waals surface area contributed by atoms with Gasteiger partial charge in [-0.25, -0.2) is 0 Å². The Bertz CT molecular complexity index is 339. The topological polar surface area (TPSA) is 17.1 Å². The van der Waals surface area contributed by atoms with Crippen LogP contribution in [0.4, 0.5) is 8.78 Å². The van der Waals surface area contributed by atoms with Crippen LogP contribution >= 0.6 is 23.2 Å². The van der Waals surface area contributed by atoms with Crippen molar-refractivity contribution < 1.29 is 13.6 Å². The number of hydrogen-bond acceptors (Lipinski definition) is 1. The van der Waals surface area contributed by atoms with Crippen LogP contribution in [-0.2, 0) is 10.7 Å². The summed E-state index contributed by atoms with van der Waals surface area (Å²) in [6, 6.07) is 4.85. The van der Waals surface area contributed by atoms with Gasteiger partial charge >= 0.3 is 5.92 Å². The predicted octanol–water partition coefficient (Wildman–Crippen LogP) is 3.20. The van der Waals surface area contributed by atoms with Crippen molar-refractivity contribution in [3.63, 3.8) is 0 Å². The summed E-state index contributed by atoms with van der Waals surface area (Å²) in [5.41, 5.74) is -0.500. The molecular formula is C8H4Cl2F2O. The summed E-state index contributed by atoms with van der Waals surface area (Å²) >= 11 is 10.2. The van der Waals surface area contributed by atoms with E-state index in [1.807, 2.05) is 0 Å². The fourth-order valence-electron chi connectivity index (χ4n) is 0.797. The Labute approximate surface area is 83.3 Å². The second kappa shape index (κ2) is 3.60. The first kappa shape index (κ1) is 10.4. The molecule has 0 spiro atoms. The van der Waals surface area contributed by atoms with Gasteiger partial charge in [0.1, 0.15) is 0 Å². The molecule has 0 saturated carbocycles. The molecule has 0 aliphatic rings. The lowest BCUT2D eigenvalue weighted by Crippen LogP contribution is -2.20. The van der Waals surface area contributed by atoms with Crippen LogP contribution in [0, 0.1) is 0 Å². The van der Waals surface area contributed by atoms with Gasteiger partial charge in [-0.1, -0.05) is 23.7 Å². The summed E-state index contributed by atoms with van der Waals surface area (Å²) in [5.74, 6) is -3.67. The van der Waals surface area contributed by atoms with Crippen LogP contribution in [0.25, 0.3) is 0 Å². The van der Waals surface area contributed by atoms with Crippen molar-refractivity contribution in [2.45, 2.75) is 5.92 Å². The van der Waals surface area contributed by atoms with Gasteiger partial charge in [-0.2, -0.15) is 8.78 Å². The van der Waals surface area contributed by atoms with Crippen LogP contribution in [-0.4, -0.2) is 5.24 Å². The molecule has 0 N–H and O–H groups in total. The Morgan fingerprint density at radius 3 is 2.46 bits per heavy atom. The van der Waals surface area contributed by atoms with E-state index in [4.69, 9.17) is 23.2 Å². The van der Waals surface area contributed by atoms with Gasteiger partial charge in [0.2, 0.25) is 0 Å². The first-order valence-electron chi connectivity index (χ1n) is 3.28. The Kier molecular flexibility index (Phi) is 2.88. The molecule has 1 rings (SSSR count). The van der Waals surface area contributed by atoms with Crippen LogP contribution in [0.2, 0.25) is 5.02 Å². The highest BCUT2D eigenvalue weighted by Gasteiger charge is 2.39. The van der Waals surface area contributed by atoms with Crippen molar-refractivity contribution >= 4 is 28.4 Å². The van der Waals surface area contributed by atoms with Gasteiger partial charge in [0, 0.05) is 10.6 Å². The number of benzene rings is 1. The number of halogens is 4. The molecule has 0 aliphatic carbocycles. The van der Waals surface area contributed by atoms with Crippen LogP contribution < -0.4 is 0 Å². The van der Waals surface area contributed by atoms with E-state index in [0.717, 1.165) is 12.1 Å². The molecule has 0 aliphatic heterocycles. The minimum atomic E-state index is -3.67. The maximum absolute atomic E-state index is 12.9. The average molecular weight is 225 g/mol. The standard InChI is InChI=1S/C8H4Cl2F2O/c9-6-3-1-2-5(4-6)8(11,12)7(10)13/h1-4H. The van der Waals surface area contributed by atoms with Gasteiger partial charge in [0.15, 0.2) is 0 Å². The van der Waals surface area contributed by atoms with Gasteiger partial charge in [-0.15, -0.1) is 0 Å². The molecule has 0 bridgehead atoms. The van der Waals surface area contributed by atoms with Crippen molar-refractivity contribution in [2.24, 2.45) is 0 Å². The quantitative estimate of drug-likeness (QED) is 0.706. The molecule has 1 aromatic carbocycles. The third kappa shape index (κ3) is 2.17. The molecular weight excluding hydrogens is 221 g/mol. The van der Waals surface area contributed by atoms with Crippen LogP contribution in [0.15, 0.2) is 24.3 Å². The molecule has 0 aromatic heterocycles. The zero-order valence-corrected chi connectivity index (χ0v) is 7.74. The molecule has 0 amide bonds. The van der Waals surface area contributed by atoms with E-state index >= 15 is 0 Å². The molecule has 0 unspecified atom stereocenters. The van der Waals surface area contributed by atoms with Crippen molar-refractivity contribution in [3.8, 4) is 0 Å². The van der Waals surface area contributed by atoms with Gasteiger partial charge in [-0.3, -0.25) is 4.79 Å². The maximum Gasteiger partial charge on any atom is 0.345 e. The van der Waals surface area contributed by atoms with Gasteiger partial charge < -0.3 is 0 Å². The molecule has 70 valence electrons. The van der Waals surface area contributed by atoms with E-state index < -0.39 is 16.7 Å². The third-order valence-electron chi connectivity index (χ3n) is 1.43.